The van der Waals surface area contributed by atoms with Crippen LogP contribution in [0.2, 0.25) is 0 Å². The summed E-state index contributed by atoms with van der Waals surface area (Å²) in [6.45, 7) is 2.38. The summed E-state index contributed by atoms with van der Waals surface area (Å²) >= 11 is 0. The van der Waals surface area contributed by atoms with Crippen molar-refractivity contribution in [1.82, 2.24) is 10.9 Å². The molecule has 28 heavy (non-hydrogen) atoms. The molecule has 2 aromatic carbocycles. The number of ether oxygens (including phenoxy) is 2. The van der Waals surface area contributed by atoms with Crippen molar-refractivity contribution in [1.29, 1.82) is 0 Å². The Kier molecular flexibility index (Phi) is 5.10. The fourth-order valence-electron chi connectivity index (χ4n) is 3.39. The molecule has 2 aliphatic heterocycles. The van der Waals surface area contributed by atoms with Gasteiger partial charge in [-0.05, 0) is 35.9 Å². The zero-order valence-electron chi connectivity index (χ0n) is 15.4. The Morgan fingerprint density at radius 2 is 2.00 bits per heavy atom. The number of nitrogens with one attached hydrogen (secondary N) is 3. The van der Waals surface area contributed by atoms with E-state index in [1.165, 1.54) is 6.92 Å². The number of benzene rings is 2. The van der Waals surface area contributed by atoms with Crippen LogP contribution in [0.5, 0.6) is 11.5 Å². The zero-order valence-corrected chi connectivity index (χ0v) is 15.4. The quantitative estimate of drug-likeness (QED) is 0.547. The molecule has 2 aromatic rings. The molecule has 2 heterocycles. The second kappa shape index (κ2) is 7.84. The van der Waals surface area contributed by atoms with E-state index in [2.05, 4.69) is 16.2 Å². The van der Waals surface area contributed by atoms with E-state index in [0.717, 1.165) is 17.1 Å². The first-order chi connectivity index (χ1) is 13.6. The van der Waals surface area contributed by atoms with Crippen molar-refractivity contribution in [3.8, 4) is 11.5 Å². The Labute approximate surface area is 162 Å². The molecule has 7 heteroatoms. The van der Waals surface area contributed by atoms with Gasteiger partial charge >= 0.3 is 0 Å². The lowest BCUT2D eigenvalue weighted by molar-refractivity contribution is -0.114. The highest BCUT2D eigenvalue weighted by Gasteiger charge is 2.28. The van der Waals surface area contributed by atoms with Crippen LogP contribution in [0.4, 0.5) is 5.69 Å². The van der Waals surface area contributed by atoms with Crippen LogP contribution in [0.1, 0.15) is 28.9 Å². The topological polar surface area (TPSA) is 88.7 Å². The maximum atomic E-state index is 12.6. The lowest BCUT2D eigenvalue weighted by Gasteiger charge is -2.16. The summed E-state index contributed by atoms with van der Waals surface area (Å²) in [5.74, 6) is 1.30. The number of anilines is 1. The maximum Gasteiger partial charge on any atom is 0.231 e. The third kappa shape index (κ3) is 3.90. The van der Waals surface area contributed by atoms with Gasteiger partial charge in [0, 0.05) is 30.6 Å². The molecular weight excluding hydrogens is 358 g/mol. The molecule has 4 rings (SSSR count). The number of carbonyl (C=O) groups is 2. The largest absolute Gasteiger partial charge is 0.454 e. The SMILES string of the molecule is CC(=O)Nc1cccc(C(=O)/C=C/C2CNNC2c2ccc3c(c2)OCO3)c1. The van der Waals surface area contributed by atoms with Gasteiger partial charge in [-0.1, -0.05) is 24.3 Å². The Morgan fingerprint density at radius 1 is 1.14 bits per heavy atom. The van der Waals surface area contributed by atoms with E-state index < -0.39 is 0 Å². The van der Waals surface area contributed by atoms with E-state index >= 15 is 0 Å². The molecule has 1 fully saturated rings. The molecule has 0 spiro atoms. The van der Waals surface area contributed by atoms with Gasteiger partial charge in [0.25, 0.3) is 0 Å². The number of ketones is 1. The molecule has 0 aliphatic carbocycles. The fraction of sp³-hybridized carbons (Fsp3) is 0.238. The number of hydrazine groups is 1. The van der Waals surface area contributed by atoms with Crippen molar-refractivity contribution in [3.05, 3.63) is 65.7 Å². The smallest absolute Gasteiger partial charge is 0.231 e. The van der Waals surface area contributed by atoms with Crippen molar-refractivity contribution in [2.75, 3.05) is 18.7 Å². The molecule has 1 amide bonds. The van der Waals surface area contributed by atoms with Crippen LogP contribution in [0, 0.1) is 5.92 Å². The molecule has 2 unspecified atom stereocenters. The Bertz CT molecular complexity index is 941. The van der Waals surface area contributed by atoms with Gasteiger partial charge in [-0.25, -0.2) is 5.43 Å². The van der Waals surface area contributed by atoms with Crippen molar-refractivity contribution in [3.63, 3.8) is 0 Å². The lowest BCUT2D eigenvalue weighted by atomic mass is 9.93. The summed E-state index contributed by atoms with van der Waals surface area (Å²) < 4.78 is 10.8. The number of rotatable bonds is 5. The number of amides is 1. The molecule has 1 saturated heterocycles. The van der Waals surface area contributed by atoms with Crippen LogP contribution in [-0.2, 0) is 4.79 Å². The van der Waals surface area contributed by atoms with E-state index in [9.17, 15) is 9.59 Å². The molecule has 7 nitrogen and oxygen atoms in total. The normalized spacial score (nSPS) is 20.5. The van der Waals surface area contributed by atoms with Crippen LogP contribution < -0.4 is 25.6 Å². The van der Waals surface area contributed by atoms with Crippen LogP contribution in [-0.4, -0.2) is 25.0 Å². The third-order valence-corrected chi connectivity index (χ3v) is 4.74. The molecule has 3 N–H and O–H groups in total. The third-order valence-electron chi connectivity index (χ3n) is 4.74. The monoisotopic (exact) mass is 379 g/mol. The number of hydrogen-bond acceptors (Lipinski definition) is 6. The highest BCUT2D eigenvalue weighted by molar-refractivity contribution is 6.05. The van der Waals surface area contributed by atoms with E-state index in [4.69, 9.17) is 9.47 Å². The van der Waals surface area contributed by atoms with E-state index in [0.29, 0.717) is 17.8 Å². The molecule has 144 valence electrons. The van der Waals surface area contributed by atoms with Gasteiger partial charge in [0.1, 0.15) is 0 Å². The Balaban J connectivity index is 1.47. The summed E-state index contributed by atoms with van der Waals surface area (Å²) in [5.41, 5.74) is 8.60. The van der Waals surface area contributed by atoms with Gasteiger partial charge in [-0.3, -0.25) is 15.0 Å². The van der Waals surface area contributed by atoms with Crippen molar-refractivity contribution in [2.24, 2.45) is 5.92 Å². The number of fused-ring (bicyclic) bond motifs is 1. The van der Waals surface area contributed by atoms with Crippen LogP contribution >= 0.6 is 0 Å². The highest BCUT2D eigenvalue weighted by Crippen LogP contribution is 2.36. The maximum absolute atomic E-state index is 12.6. The molecule has 2 atom stereocenters. The number of allylic oxidation sites excluding steroid dienone is 1. The second-order valence-electron chi connectivity index (χ2n) is 6.76. The first kappa shape index (κ1) is 18.2. The van der Waals surface area contributed by atoms with Crippen LogP contribution in [0.3, 0.4) is 0 Å². The highest BCUT2D eigenvalue weighted by atomic mass is 16.7. The van der Waals surface area contributed by atoms with E-state index in [1.807, 2.05) is 24.3 Å². The summed E-state index contributed by atoms with van der Waals surface area (Å²) in [4.78, 5) is 23.8. The van der Waals surface area contributed by atoms with Crippen LogP contribution in [0.15, 0.2) is 54.6 Å². The summed E-state index contributed by atoms with van der Waals surface area (Å²) in [6, 6.07) is 12.8. The second-order valence-corrected chi connectivity index (χ2v) is 6.76. The van der Waals surface area contributed by atoms with E-state index in [1.54, 1.807) is 30.3 Å². The van der Waals surface area contributed by atoms with Crippen molar-refractivity contribution < 1.29 is 19.1 Å². The van der Waals surface area contributed by atoms with Crippen molar-refractivity contribution >= 4 is 17.4 Å². The predicted octanol–water partition coefficient (Wildman–Crippen LogP) is 2.58. The lowest BCUT2D eigenvalue weighted by Crippen LogP contribution is -2.24. The molecule has 0 radical (unpaired) electrons. The molecule has 0 bridgehead atoms. The summed E-state index contributed by atoms with van der Waals surface area (Å²) in [6.07, 6.45) is 3.50. The van der Waals surface area contributed by atoms with Crippen molar-refractivity contribution in [2.45, 2.75) is 13.0 Å². The minimum absolute atomic E-state index is 0.0178. The van der Waals surface area contributed by atoms with Gasteiger partial charge in [0.05, 0.1) is 6.04 Å². The van der Waals surface area contributed by atoms with Gasteiger partial charge in [-0.2, -0.15) is 0 Å². The Hall–Kier alpha value is -3.16. The van der Waals surface area contributed by atoms with Crippen LogP contribution in [0.25, 0.3) is 0 Å². The average molecular weight is 379 g/mol. The summed E-state index contributed by atoms with van der Waals surface area (Å²) in [7, 11) is 0. The first-order valence-electron chi connectivity index (χ1n) is 9.08. The Morgan fingerprint density at radius 3 is 2.86 bits per heavy atom. The number of hydrogen-bond donors (Lipinski definition) is 3. The average Bonchev–Trinajstić information content (AvgIpc) is 3.34. The molecule has 0 aromatic heterocycles. The molecular formula is C21H21N3O4. The minimum Gasteiger partial charge on any atom is -0.454 e. The fourth-order valence-corrected chi connectivity index (χ4v) is 3.39. The van der Waals surface area contributed by atoms with E-state index in [-0.39, 0.29) is 30.4 Å². The van der Waals surface area contributed by atoms with Gasteiger partial charge in [-0.15, -0.1) is 0 Å². The number of carbonyl (C=O) groups excluding carboxylic acids is 2. The van der Waals surface area contributed by atoms with Gasteiger partial charge in [0.2, 0.25) is 12.7 Å². The van der Waals surface area contributed by atoms with Gasteiger partial charge < -0.3 is 14.8 Å². The van der Waals surface area contributed by atoms with Gasteiger partial charge in [0.15, 0.2) is 17.3 Å². The zero-order chi connectivity index (χ0) is 19.5. The molecule has 2 aliphatic rings. The molecule has 0 saturated carbocycles. The first-order valence-corrected chi connectivity index (χ1v) is 9.08. The predicted molar refractivity (Wildman–Crippen MR) is 104 cm³/mol. The minimum atomic E-state index is -0.171. The summed E-state index contributed by atoms with van der Waals surface area (Å²) in [5, 5.41) is 2.69. The standard InChI is InChI=1S/C21H21N3O4/c1-13(25)23-17-4-2-3-14(9-17)18(26)7-5-16-11-22-24-21(16)15-6-8-19-20(10-15)28-12-27-19/h2-10,16,21-22,24H,11-12H2,1H3,(H,23,25)/b7-5+.